The van der Waals surface area contributed by atoms with E-state index in [9.17, 15) is 4.79 Å². The zero-order valence-electron chi connectivity index (χ0n) is 28.6. The van der Waals surface area contributed by atoms with Gasteiger partial charge in [0, 0.05) is 65.0 Å². The number of nitrogens with one attached hydrogen (secondary N) is 1. The van der Waals surface area contributed by atoms with Crippen LogP contribution in [-0.2, 0) is 12.8 Å². The Morgan fingerprint density at radius 2 is 2.00 bits per heavy atom. The molecule has 1 aliphatic carbocycles. The van der Waals surface area contributed by atoms with Gasteiger partial charge < -0.3 is 24.1 Å². The molecule has 1 saturated heterocycles. The van der Waals surface area contributed by atoms with Crippen molar-refractivity contribution >= 4 is 44.7 Å². The Hall–Kier alpha value is -5.14. The number of carbonyl (C=O) groups is 1. The monoisotopic (exact) mass is 752 g/mol. The highest BCUT2D eigenvalue weighted by Crippen LogP contribution is 2.53. The summed E-state index contributed by atoms with van der Waals surface area (Å²) < 4.78 is 49.7. The number of benzene rings is 2. The Bertz CT molecular complexity index is 2500. The van der Waals surface area contributed by atoms with Crippen molar-refractivity contribution in [3.63, 3.8) is 0 Å². The predicted octanol–water partition coefficient (Wildman–Crippen LogP) is 8.73. The summed E-state index contributed by atoms with van der Waals surface area (Å²) in [6.45, 7) is 2.80. The number of aromatic nitrogens is 4. The minimum Gasteiger partial charge on any atom is -0.496 e. The highest BCUT2D eigenvalue weighted by Gasteiger charge is 2.49. The molecule has 10 rings (SSSR count). The van der Waals surface area contributed by atoms with Gasteiger partial charge in [-0.15, -0.1) is 21.5 Å². The van der Waals surface area contributed by atoms with Crippen molar-refractivity contribution in [2.45, 2.75) is 56.5 Å². The van der Waals surface area contributed by atoms with E-state index in [2.05, 4.69) is 20.5 Å². The van der Waals surface area contributed by atoms with Crippen LogP contribution >= 0.6 is 22.9 Å². The zero-order chi connectivity index (χ0) is 36.2. The number of ether oxygens (including phenoxy) is 2. The first-order valence-corrected chi connectivity index (χ1v) is 18.7. The van der Waals surface area contributed by atoms with E-state index in [1.807, 2.05) is 35.2 Å². The summed E-state index contributed by atoms with van der Waals surface area (Å²) in [5.74, 6) is -1.10. The lowest BCUT2D eigenvalue weighted by molar-refractivity contribution is -0.00734. The lowest BCUT2D eigenvalue weighted by atomic mass is 9.89. The first-order chi connectivity index (χ1) is 25.7. The average molecular weight is 753 g/mol. The number of hydrogen-bond acceptors (Lipinski definition) is 10. The summed E-state index contributed by atoms with van der Waals surface area (Å²) in [6.07, 6.45) is 3.34. The number of pyridine rings is 2. The number of nitrogens with zero attached hydrogens (tertiary/aromatic N) is 5. The molecule has 0 bridgehead atoms. The lowest BCUT2D eigenvalue weighted by Crippen LogP contribution is -2.28. The van der Waals surface area contributed by atoms with E-state index in [1.165, 1.54) is 18.4 Å². The summed E-state index contributed by atoms with van der Waals surface area (Å²) in [6, 6.07) is 13.2. The third-order valence-electron chi connectivity index (χ3n) is 10.9. The Balaban J connectivity index is 1.15. The SMILES string of the molecule is COc1cccc2c1CC(F)(F)[C@H]2Nc1nccc2cc(-c3c4c(nc(C[C@@H]5COc6cc(Cl)ccc65)c3-c3nnc(C)o3)[C@@H]3CCCN3C4=O)sc12. The van der Waals surface area contributed by atoms with Crippen LogP contribution in [0.25, 0.3) is 32.0 Å². The summed E-state index contributed by atoms with van der Waals surface area (Å²) in [5.41, 5.74) is 5.17. The van der Waals surface area contributed by atoms with Crippen molar-refractivity contribution in [2.24, 2.45) is 0 Å². The first-order valence-electron chi connectivity index (χ1n) is 17.5. The van der Waals surface area contributed by atoms with Gasteiger partial charge in [-0.05, 0) is 54.1 Å². The number of amides is 1. The smallest absolute Gasteiger partial charge is 0.276 e. The Morgan fingerprint density at radius 3 is 2.83 bits per heavy atom. The number of carbonyl (C=O) groups excluding carboxylic acids is 1. The van der Waals surface area contributed by atoms with Crippen LogP contribution in [0.3, 0.4) is 0 Å². The normalized spacial score (nSPS) is 20.7. The van der Waals surface area contributed by atoms with Crippen LogP contribution in [0, 0.1) is 6.92 Å². The number of anilines is 1. The molecule has 14 heteroatoms. The highest BCUT2D eigenvalue weighted by molar-refractivity contribution is 7.23. The number of thiophene rings is 1. The minimum absolute atomic E-state index is 0.0442. The van der Waals surface area contributed by atoms with Crippen LogP contribution in [0.1, 0.15) is 75.2 Å². The summed E-state index contributed by atoms with van der Waals surface area (Å²) in [5, 5.41) is 13.1. The molecule has 4 aromatic heterocycles. The van der Waals surface area contributed by atoms with Crippen molar-refractivity contribution in [3.8, 4) is 33.4 Å². The molecule has 4 aliphatic rings. The fraction of sp³-hybridized carbons (Fsp3) is 0.308. The molecule has 0 spiro atoms. The molecule has 0 saturated carbocycles. The van der Waals surface area contributed by atoms with E-state index >= 15 is 8.78 Å². The van der Waals surface area contributed by atoms with Crippen LogP contribution in [-0.4, -0.2) is 57.2 Å². The van der Waals surface area contributed by atoms with E-state index in [4.69, 9.17) is 30.5 Å². The molecule has 6 aromatic rings. The summed E-state index contributed by atoms with van der Waals surface area (Å²) in [7, 11) is 1.49. The standard InChI is InChI=1S/C39H31ClF2N6O4S/c1-18-46-47-37(52-18)30-25(13-20-17-51-28-15-21(40)8-9-22(20)28)44-33-26-6-4-12-48(26)38(49)32(33)31(30)29-14-19-10-11-43-36(34(19)53-29)45-35-23-5-3-7-27(50-2)24(23)16-39(35,41)42/h3,5,7-11,14-15,20,26,35H,4,6,12-13,16-17H2,1-2H3,(H,43,45)/t20-,26+,35+/m1/s1. The average Bonchev–Trinajstić information content (AvgIpc) is 3.99. The summed E-state index contributed by atoms with van der Waals surface area (Å²) in [4.78, 5) is 26.8. The molecule has 53 heavy (non-hydrogen) atoms. The topological polar surface area (TPSA) is 116 Å². The molecule has 268 valence electrons. The second-order valence-corrected chi connectivity index (χ2v) is 15.5. The number of halogens is 3. The van der Waals surface area contributed by atoms with Gasteiger partial charge in [-0.3, -0.25) is 9.78 Å². The third-order valence-corrected chi connectivity index (χ3v) is 12.3. The molecule has 10 nitrogen and oxygen atoms in total. The Morgan fingerprint density at radius 1 is 1.11 bits per heavy atom. The molecule has 1 amide bonds. The van der Waals surface area contributed by atoms with Crippen molar-refractivity contribution in [2.75, 3.05) is 25.6 Å². The number of aryl methyl sites for hydroxylation is 1. The molecule has 1 N–H and O–H groups in total. The van der Waals surface area contributed by atoms with Gasteiger partial charge in [-0.1, -0.05) is 29.8 Å². The number of rotatable bonds is 7. The van der Waals surface area contributed by atoms with Gasteiger partial charge in [-0.2, -0.15) is 0 Å². The van der Waals surface area contributed by atoms with Gasteiger partial charge in [0.05, 0.1) is 47.0 Å². The maximum atomic E-state index is 15.7. The van der Waals surface area contributed by atoms with E-state index in [0.717, 1.165) is 40.1 Å². The fourth-order valence-electron chi connectivity index (χ4n) is 8.53. The minimum atomic E-state index is -3.09. The van der Waals surface area contributed by atoms with E-state index in [0.29, 0.717) is 80.3 Å². The van der Waals surface area contributed by atoms with Gasteiger partial charge in [0.25, 0.3) is 11.8 Å². The van der Waals surface area contributed by atoms with E-state index in [1.54, 1.807) is 31.3 Å². The Kier molecular flexibility index (Phi) is 7.32. The first kappa shape index (κ1) is 32.5. The van der Waals surface area contributed by atoms with Crippen LogP contribution in [0.5, 0.6) is 11.5 Å². The molecule has 7 heterocycles. The molecular formula is C39H31ClF2N6O4S. The predicted molar refractivity (Wildman–Crippen MR) is 195 cm³/mol. The van der Waals surface area contributed by atoms with Crippen LogP contribution < -0.4 is 14.8 Å². The third kappa shape index (κ3) is 5.03. The molecule has 0 unspecified atom stereocenters. The highest BCUT2D eigenvalue weighted by atomic mass is 35.5. The van der Waals surface area contributed by atoms with Crippen molar-refractivity contribution < 1.29 is 27.5 Å². The van der Waals surface area contributed by atoms with Crippen molar-refractivity contribution in [1.29, 1.82) is 0 Å². The summed E-state index contributed by atoms with van der Waals surface area (Å²) >= 11 is 7.67. The van der Waals surface area contributed by atoms with Crippen molar-refractivity contribution in [1.82, 2.24) is 25.1 Å². The number of methoxy groups -OCH3 is 1. The zero-order valence-corrected chi connectivity index (χ0v) is 30.2. The number of alkyl halides is 2. The maximum Gasteiger partial charge on any atom is 0.276 e. The maximum absolute atomic E-state index is 15.7. The van der Waals surface area contributed by atoms with Gasteiger partial charge >= 0.3 is 0 Å². The van der Waals surface area contributed by atoms with Crippen LogP contribution in [0.4, 0.5) is 14.6 Å². The molecule has 3 aliphatic heterocycles. The second-order valence-electron chi connectivity index (χ2n) is 14.0. The quantitative estimate of drug-likeness (QED) is 0.171. The van der Waals surface area contributed by atoms with Crippen LogP contribution in [0.2, 0.25) is 5.02 Å². The second kappa shape index (κ2) is 11.9. The largest absolute Gasteiger partial charge is 0.496 e. The lowest BCUT2D eigenvalue weighted by Gasteiger charge is -2.22. The van der Waals surface area contributed by atoms with Gasteiger partial charge in [0.15, 0.2) is 0 Å². The fourth-order valence-corrected chi connectivity index (χ4v) is 9.86. The molecule has 0 radical (unpaired) electrons. The number of hydrogen-bond donors (Lipinski definition) is 1. The van der Waals surface area contributed by atoms with Crippen LogP contribution in [0.15, 0.2) is 59.1 Å². The van der Waals surface area contributed by atoms with Gasteiger partial charge in [-0.25, -0.2) is 13.8 Å². The number of fused-ring (bicyclic) bond motifs is 6. The van der Waals surface area contributed by atoms with E-state index in [-0.39, 0.29) is 23.8 Å². The Labute approximate surface area is 311 Å². The molecule has 2 aromatic carbocycles. The molecular weight excluding hydrogens is 722 g/mol. The van der Waals surface area contributed by atoms with Gasteiger partial charge in [0.2, 0.25) is 11.8 Å². The van der Waals surface area contributed by atoms with E-state index < -0.39 is 18.4 Å². The van der Waals surface area contributed by atoms with Crippen molar-refractivity contribution in [3.05, 3.63) is 99.3 Å². The molecule has 1 fully saturated rings. The van der Waals surface area contributed by atoms with Gasteiger partial charge in [0.1, 0.15) is 23.4 Å². The molecule has 3 atom stereocenters.